The molecule has 1 aromatic rings. The van der Waals surface area contributed by atoms with Crippen molar-refractivity contribution < 1.29 is 9.47 Å². The van der Waals surface area contributed by atoms with Crippen molar-refractivity contribution in [2.24, 2.45) is 5.73 Å². The number of benzene rings is 1. The number of hydrogen-bond acceptors (Lipinski definition) is 3. The molecular weight excluding hydrogens is 214 g/mol. The van der Waals surface area contributed by atoms with E-state index in [-0.39, 0.29) is 12.4 Å². The van der Waals surface area contributed by atoms with E-state index in [1.54, 1.807) is 7.11 Å². The number of ether oxygens (including phenoxy) is 2. The van der Waals surface area contributed by atoms with Gasteiger partial charge in [-0.2, -0.15) is 0 Å². The molecule has 0 atom stereocenters. The van der Waals surface area contributed by atoms with Gasteiger partial charge in [0.1, 0.15) is 18.1 Å². The maximum absolute atomic E-state index is 5.32. The SMILES string of the molecule is COc1ccc(OCC#CCN)cc1.Cl. The summed E-state index contributed by atoms with van der Waals surface area (Å²) in [6, 6.07) is 7.35. The van der Waals surface area contributed by atoms with Gasteiger partial charge in [-0.15, -0.1) is 12.4 Å². The molecule has 0 radical (unpaired) electrons. The minimum Gasteiger partial charge on any atom is -0.497 e. The van der Waals surface area contributed by atoms with Gasteiger partial charge in [0.2, 0.25) is 0 Å². The van der Waals surface area contributed by atoms with Gasteiger partial charge in [-0.1, -0.05) is 11.8 Å². The van der Waals surface area contributed by atoms with Crippen LogP contribution < -0.4 is 15.2 Å². The minimum atomic E-state index is 0. The molecule has 0 spiro atoms. The fourth-order valence-electron chi connectivity index (χ4n) is 0.915. The van der Waals surface area contributed by atoms with Crippen LogP contribution in [-0.2, 0) is 0 Å². The van der Waals surface area contributed by atoms with Crippen LogP contribution in [0.3, 0.4) is 0 Å². The summed E-state index contributed by atoms with van der Waals surface area (Å²) in [5.41, 5.74) is 5.20. The average Bonchev–Trinajstić information content (AvgIpc) is 2.25. The average molecular weight is 228 g/mol. The van der Waals surface area contributed by atoms with Gasteiger partial charge in [-0.05, 0) is 24.3 Å². The van der Waals surface area contributed by atoms with Crippen molar-refractivity contribution in [2.75, 3.05) is 20.3 Å². The van der Waals surface area contributed by atoms with Crippen molar-refractivity contribution in [2.45, 2.75) is 0 Å². The molecule has 0 saturated heterocycles. The molecule has 15 heavy (non-hydrogen) atoms. The Morgan fingerprint density at radius 1 is 1.13 bits per heavy atom. The van der Waals surface area contributed by atoms with Crippen LogP contribution in [0.5, 0.6) is 11.5 Å². The zero-order valence-corrected chi connectivity index (χ0v) is 9.34. The first kappa shape index (κ1) is 13.6. The lowest BCUT2D eigenvalue weighted by Crippen LogP contribution is -1.97. The number of rotatable bonds is 3. The van der Waals surface area contributed by atoms with Crippen molar-refractivity contribution in [3.05, 3.63) is 24.3 Å². The monoisotopic (exact) mass is 227 g/mol. The summed E-state index contributed by atoms with van der Waals surface area (Å²) in [7, 11) is 1.63. The zero-order valence-electron chi connectivity index (χ0n) is 8.53. The molecular formula is C11H14ClNO2. The molecule has 0 aliphatic heterocycles. The predicted octanol–water partition coefficient (Wildman–Crippen LogP) is 1.46. The van der Waals surface area contributed by atoms with Gasteiger partial charge < -0.3 is 15.2 Å². The fraction of sp³-hybridized carbons (Fsp3) is 0.273. The highest BCUT2D eigenvalue weighted by molar-refractivity contribution is 5.85. The zero-order chi connectivity index (χ0) is 10.2. The maximum atomic E-state index is 5.32. The van der Waals surface area contributed by atoms with E-state index in [0.717, 1.165) is 11.5 Å². The third-order valence-electron chi connectivity index (χ3n) is 1.60. The fourth-order valence-corrected chi connectivity index (χ4v) is 0.915. The standard InChI is InChI=1S/C11H13NO2.ClH/c1-13-10-4-6-11(7-5-10)14-9-3-2-8-12;/h4-7H,8-9,12H2,1H3;1H. The molecule has 0 fully saturated rings. The Morgan fingerprint density at radius 3 is 2.27 bits per heavy atom. The lowest BCUT2D eigenvalue weighted by molar-refractivity contribution is 0.367. The number of methoxy groups -OCH3 is 1. The summed E-state index contributed by atoms with van der Waals surface area (Å²) in [4.78, 5) is 0. The number of hydrogen-bond donors (Lipinski definition) is 1. The maximum Gasteiger partial charge on any atom is 0.149 e. The molecule has 0 aliphatic carbocycles. The van der Waals surface area contributed by atoms with Gasteiger partial charge >= 0.3 is 0 Å². The molecule has 0 aromatic heterocycles. The highest BCUT2D eigenvalue weighted by Gasteiger charge is 1.92. The second-order valence-electron chi connectivity index (χ2n) is 2.52. The lowest BCUT2D eigenvalue weighted by Gasteiger charge is -2.02. The first-order valence-corrected chi connectivity index (χ1v) is 4.29. The van der Waals surface area contributed by atoms with Crippen LogP contribution in [-0.4, -0.2) is 20.3 Å². The lowest BCUT2D eigenvalue weighted by atomic mass is 10.3. The van der Waals surface area contributed by atoms with Crippen LogP contribution in [0.1, 0.15) is 0 Å². The van der Waals surface area contributed by atoms with Crippen molar-refractivity contribution in [1.82, 2.24) is 0 Å². The van der Waals surface area contributed by atoms with E-state index in [4.69, 9.17) is 15.2 Å². The molecule has 0 unspecified atom stereocenters. The molecule has 4 heteroatoms. The molecule has 0 saturated carbocycles. The molecule has 1 aromatic carbocycles. The van der Waals surface area contributed by atoms with Gasteiger partial charge in [0.05, 0.1) is 13.7 Å². The molecule has 3 nitrogen and oxygen atoms in total. The van der Waals surface area contributed by atoms with E-state index in [0.29, 0.717) is 13.2 Å². The van der Waals surface area contributed by atoms with E-state index in [1.165, 1.54) is 0 Å². The molecule has 0 heterocycles. The summed E-state index contributed by atoms with van der Waals surface area (Å²) in [5, 5.41) is 0. The van der Waals surface area contributed by atoms with Crippen LogP contribution in [0.4, 0.5) is 0 Å². The summed E-state index contributed by atoms with van der Waals surface area (Å²) < 4.78 is 10.3. The summed E-state index contributed by atoms with van der Waals surface area (Å²) in [6.45, 7) is 0.732. The Bertz CT molecular complexity index is 327. The third-order valence-corrected chi connectivity index (χ3v) is 1.60. The van der Waals surface area contributed by atoms with Crippen LogP contribution in [0, 0.1) is 11.8 Å². The Kier molecular flexibility index (Phi) is 7.25. The predicted molar refractivity (Wildman–Crippen MR) is 62.6 cm³/mol. The second kappa shape index (κ2) is 7.98. The highest BCUT2D eigenvalue weighted by atomic mass is 35.5. The van der Waals surface area contributed by atoms with Gasteiger partial charge in [0, 0.05) is 0 Å². The smallest absolute Gasteiger partial charge is 0.149 e. The molecule has 1 rings (SSSR count). The van der Waals surface area contributed by atoms with E-state index < -0.39 is 0 Å². The van der Waals surface area contributed by atoms with E-state index in [1.807, 2.05) is 24.3 Å². The first-order valence-electron chi connectivity index (χ1n) is 4.29. The molecule has 0 aliphatic rings. The van der Waals surface area contributed by atoms with Gasteiger partial charge in [-0.25, -0.2) is 0 Å². The topological polar surface area (TPSA) is 44.5 Å². The van der Waals surface area contributed by atoms with E-state index in [2.05, 4.69) is 11.8 Å². The van der Waals surface area contributed by atoms with E-state index >= 15 is 0 Å². The van der Waals surface area contributed by atoms with Crippen molar-refractivity contribution in [3.8, 4) is 23.3 Å². The largest absolute Gasteiger partial charge is 0.497 e. The third kappa shape index (κ3) is 5.16. The second-order valence-corrected chi connectivity index (χ2v) is 2.52. The summed E-state index contributed by atoms with van der Waals surface area (Å²) >= 11 is 0. The Hall–Kier alpha value is -1.37. The van der Waals surface area contributed by atoms with Crippen LogP contribution in [0.2, 0.25) is 0 Å². The Balaban J connectivity index is 0.00000196. The van der Waals surface area contributed by atoms with Crippen LogP contribution >= 0.6 is 12.4 Å². The van der Waals surface area contributed by atoms with Crippen LogP contribution in [0.15, 0.2) is 24.3 Å². The van der Waals surface area contributed by atoms with Gasteiger partial charge in [-0.3, -0.25) is 0 Å². The van der Waals surface area contributed by atoms with Gasteiger partial charge in [0.15, 0.2) is 0 Å². The highest BCUT2D eigenvalue weighted by Crippen LogP contribution is 2.16. The van der Waals surface area contributed by atoms with Crippen molar-refractivity contribution in [1.29, 1.82) is 0 Å². The molecule has 0 bridgehead atoms. The minimum absolute atomic E-state index is 0. The number of halogens is 1. The Labute approximate surface area is 96.0 Å². The normalized spacial score (nSPS) is 8.13. The molecule has 82 valence electrons. The molecule has 2 N–H and O–H groups in total. The van der Waals surface area contributed by atoms with Crippen molar-refractivity contribution in [3.63, 3.8) is 0 Å². The first-order chi connectivity index (χ1) is 6.86. The quantitative estimate of drug-likeness (QED) is 0.796. The van der Waals surface area contributed by atoms with E-state index in [9.17, 15) is 0 Å². The number of nitrogens with two attached hydrogens (primary N) is 1. The van der Waals surface area contributed by atoms with Crippen molar-refractivity contribution >= 4 is 12.4 Å². The van der Waals surface area contributed by atoms with Gasteiger partial charge in [0.25, 0.3) is 0 Å². The Morgan fingerprint density at radius 2 is 1.73 bits per heavy atom. The van der Waals surface area contributed by atoms with Crippen LogP contribution in [0.25, 0.3) is 0 Å². The molecule has 0 amide bonds. The summed E-state index contributed by atoms with van der Waals surface area (Å²) in [5.74, 6) is 7.09. The summed E-state index contributed by atoms with van der Waals surface area (Å²) in [6.07, 6.45) is 0.